The van der Waals surface area contributed by atoms with Gasteiger partial charge >= 0.3 is 0 Å². The third kappa shape index (κ3) is 2.66. The summed E-state index contributed by atoms with van der Waals surface area (Å²) in [5.41, 5.74) is 2.95. The van der Waals surface area contributed by atoms with E-state index in [1.165, 1.54) is 5.56 Å². The molecule has 6 heteroatoms. The van der Waals surface area contributed by atoms with E-state index >= 15 is 0 Å². The number of hydrogen-bond donors (Lipinski definition) is 2. The molecule has 0 atom stereocenters. The van der Waals surface area contributed by atoms with Crippen molar-refractivity contribution in [2.24, 2.45) is 0 Å². The van der Waals surface area contributed by atoms with Crippen LogP contribution in [0.5, 0.6) is 0 Å². The molecule has 118 valence electrons. The van der Waals surface area contributed by atoms with Crippen molar-refractivity contribution in [2.45, 2.75) is 18.3 Å². The fraction of sp³-hybridized carbons (Fsp3) is 0.353. The molecule has 3 aromatic rings. The van der Waals surface area contributed by atoms with Gasteiger partial charge in [-0.15, -0.1) is 0 Å². The Kier molecular flexibility index (Phi) is 3.67. The van der Waals surface area contributed by atoms with Gasteiger partial charge in [-0.3, -0.25) is 0 Å². The van der Waals surface area contributed by atoms with E-state index in [9.17, 15) is 0 Å². The third-order valence-electron chi connectivity index (χ3n) is 4.65. The van der Waals surface area contributed by atoms with Crippen LogP contribution in [-0.2, 0) is 10.2 Å². The molecule has 0 radical (unpaired) electrons. The summed E-state index contributed by atoms with van der Waals surface area (Å²) < 4.78 is 5.59. The van der Waals surface area contributed by atoms with E-state index in [1.807, 2.05) is 0 Å². The van der Waals surface area contributed by atoms with E-state index in [4.69, 9.17) is 4.74 Å². The highest BCUT2D eigenvalue weighted by molar-refractivity contribution is 5.81. The van der Waals surface area contributed by atoms with Gasteiger partial charge in [0.1, 0.15) is 11.8 Å². The normalized spacial score (nSPS) is 17.2. The number of anilines is 1. The highest BCUT2D eigenvalue weighted by Gasteiger charge is 2.34. The van der Waals surface area contributed by atoms with Crippen LogP contribution >= 0.6 is 0 Å². The molecule has 1 aliphatic rings. The first kappa shape index (κ1) is 14.1. The number of imidazole rings is 1. The predicted molar refractivity (Wildman–Crippen MR) is 88.3 cm³/mol. The van der Waals surface area contributed by atoms with Crippen molar-refractivity contribution in [2.75, 3.05) is 25.1 Å². The maximum absolute atomic E-state index is 5.59. The molecule has 2 aromatic heterocycles. The first-order valence-electron chi connectivity index (χ1n) is 7.89. The van der Waals surface area contributed by atoms with E-state index in [1.54, 1.807) is 12.7 Å². The summed E-state index contributed by atoms with van der Waals surface area (Å²) in [4.78, 5) is 15.8. The first-order chi connectivity index (χ1) is 11.4. The number of aromatic amines is 1. The van der Waals surface area contributed by atoms with E-state index in [2.05, 4.69) is 55.6 Å². The van der Waals surface area contributed by atoms with Crippen LogP contribution in [0.15, 0.2) is 43.0 Å². The molecule has 23 heavy (non-hydrogen) atoms. The lowest BCUT2D eigenvalue weighted by molar-refractivity contribution is 0.0544. The van der Waals surface area contributed by atoms with Crippen molar-refractivity contribution in [1.82, 2.24) is 19.9 Å². The van der Waals surface area contributed by atoms with Gasteiger partial charge in [0, 0.05) is 25.2 Å². The van der Waals surface area contributed by atoms with Gasteiger partial charge in [0.25, 0.3) is 0 Å². The van der Waals surface area contributed by atoms with Gasteiger partial charge in [0.05, 0.1) is 6.33 Å². The number of ether oxygens (including phenoxy) is 1. The molecule has 0 spiro atoms. The Hall–Kier alpha value is -2.47. The van der Waals surface area contributed by atoms with Gasteiger partial charge in [-0.25, -0.2) is 15.0 Å². The minimum absolute atomic E-state index is 0.0663. The molecule has 1 aromatic carbocycles. The second-order valence-corrected chi connectivity index (χ2v) is 5.94. The molecular weight excluding hydrogens is 290 g/mol. The lowest BCUT2D eigenvalue weighted by atomic mass is 9.74. The number of nitrogens with one attached hydrogen (secondary N) is 2. The summed E-state index contributed by atoms with van der Waals surface area (Å²) in [5, 5.41) is 3.50. The SMILES string of the molecule is c1ccc(C2(CNc3ncnc4nc[nH]c34)CCOCC2)cc1. The second-order valence-electron chi connectivity index (χ2n) is 5.94. The number of rotatable bonds is 4. The van der Waals surface area contributed by atoms with Gasteiger partial charge in [-0.05, 0) is 18.4 Å². The molecule has 1 saturated heterocycles. The van der Waals surface area contributed by atoms with Crippen LogP contribution in [-0.4, -0.2) is 39.7 Å². The molecule has 0 aliphatic carbocycles. The van der Waals surface area contributed by atoms with Crippen LogP contribution in [0.3, 0.4) is 0 Å². The summed E-state index contributed by atoms with van der Waals surface area (Å²) >= 11 is 0. The van der Waals surface area contributed by atoms with Gasteiger partial charge in [-0.1, -0.05) is 30.3 Å². The number of fused-ring (bicyclic) bond motifs is 1. The Labute approximate surface area is 134 Å². The molecule has 3 heterocycles. The van der Waals surface area contributed by atoms with Gasteiger partial charge in [0.15, 0.2) is 11.5 Å². The fourth-order valence-electron chi connectivity index (χ4n) is 3.27. The van der Waals surface area contributed by atoms with Gasteiger partial charge < -0.3 is 15.0 Å². The summed E-state index contributed by atoms with van der Waals surface area (Å²) in [7, 11) is 0. The first-order valence-corrected chi connectivity index (χ1v) is 7.89. The zero-order valence-corrected chi connectivity index (χ0v) is 12.8. The average Bonchev–Trinajstić information content (AvgIpc) is 3.11. The highest BCUT2D eigenvalue weighted by atomic mass is 16.5. The molecule has 0 amide bonds. The lowest BCUT2D eigenvalue weighted by Gasteiger charge is -2.38. The molecule has 1 fully saturated rings. The number of benzene rings is 1. The molecule has 4 rings (SSSR count). The van der Waals surface area contributed by atoms with E-state index in [-0.39, 0.29) is 5.41 Å². The van der Waals surface area contributed by atoms with Gasteiger partial charge in [-0.2, -0.15) is 0 Å². The fourth-order valence-corrected chi connectivity index (χ4v) is 3.27. The monoisotopic (exact) mass is 309 g/mol. The summed E-state index contributed by atoms with van der Waals surface area (Å²) in [6, 6.07) is 10.7. The zero-order valence-electron chi connectivity index (χ0n) is 12.8. The summed E-state index contributed by atoms with van der Waals surface area (Å²) in [6.07, 6.45) is 5.19. The van der Waals surface area contributed by atoms with Crippen LogP contribution < -0.4 is 5.32 Å². The number of nitrogens with zero attached hydrogens (tertiary/aromatic N) is 3. The topological polar surface area (TPSA) is 75.7 Å². The highest BCUT2D eigenvalue weighted by Crippen LogP contribution is 2.35. The second kappa shape index (κ2) is 5.96. The molecule has 0 bridgehead atoms. The standard InChI is InChI=1S/C17H19N5O/c1-2-4-13(5-3-1)17(6-8-23-9-7-17)10-18-15-14-16(20-11-19-14)22-12-21-15/h1-5,11-12H,6-10H2,(H2,18,19,20,21,22). The van der Waals surface area contributed by atoms with Crippen LogP contribution in [0.1, 0.15) is 18.4 Å². The van der Waals surface area contributed by atoms with E-state index in [0.29, 0.717) is 5.65 Å². The van der Waals surface area contributed by atoms with Crippen molar-refractivity contribution < 1.29 is 4.74 Å². The Morgan fingerprint density at radius 2 is 1.91 bits per heavy atom. The van der Waals surface area contributed by atoms with E-state index in [0.717, 1.165) is 43.9 Å². The summed E-state index contributed by atoms with van der Waals surface area (Å²) in [6.45, 7) is 2.39. The van der Waals surface area contributed by atoms with Crippen LogP contribution in [0.25, 0.3) is 11.2 Å². The molecule has 0 saturated carbocycles. The largest absolute Gasteiger partial charge is 0.381 e. The van der Waals surface area contributed by atoms with Crippen LogP contribution in [0, 0.1) is 0 Å². The van der Waals surface area contributed by atoms with Crippen molar-refractivity contribution in [3.8, 4) is 0 Å². The molecule has 1 aliphatic heterocycles. The van der Waals surface area contributed by atoms with E-state index < -0.39 is 0 Å². The van der Waals surface area contributed by atoms with Gasteiger partial charge in [0.2, 0.25) is 0 Å². The van der Waals surface area contributed by atoms with Crippen LogP contribution in [0.4, 0.5) is 5.82 Å². The number of hydrogen-bond acceptors (Lipinski definition) is 5. The smallest absolute Gasteiger partial charge is 0.182 e. The Bertz CT molecular complexity index is 780. The minimum atomic E-state index is 0.0663. The number of H-pyrrole nitrogens is 1. The molecule has 0 unspecified atom stereocenters. The third-order valence-corrected chi connectivity index (χ3v) is 4.65. The zero-order chi connectivity index (χ0) is 15.5. The van der Waals surface area contributed by atoms with Crippen molar-refractivity contribution in [1.29, 1.82) is 0 Å². The minimum Gasteiger partial charge on any atom is -0.381 e. The van der Waals surface area contributed by atoms with Crippen molar-refractivity contribution in [3.05, 3.63) is 48.5 Å². The van der Waals surface area contributed by atoms with Crippen molar-refractivity contribution >= 4 is 17.0 Å². The Morgan fingerprint density at radius 1 is 1.09 bits per heavy atom. The quantitative estimate of drug-likeness (QED) is 0.774. The maximum Gasteiger partial charge on any atom is 0.182 e. The van der Waals surface area contributed by atoms with Crippen LogP contribution in [0.2, 0.25) is 0 Å². The van der Waals surface area contributed by atoms with Crippen molar-refractivity contribution in [3.63, 3.8) is 0 Å². The summed E-state index contributed by atoms with van der Waals surface area (Å²) in [5.74, 6) is 0.800. The maximum atomic E-state index is 5.59. The lowest BCUT2D eigenvalue weighted by Crippen LogP contribution is -2.40. The number of aromatic nitrogens is 4. The average molecular weight is 309 g/mol. The predicted octanol–water partition coefficient (Wildman–Crippen LogP) is 2.51. The molecule has 2 N–H and O–H groups in total. The Morgan fingerprint density at radius 3 is 2.74 bits per heavy atom. The Balaban J connectivity index is 1.62. The molecule has 6 nitrogen and oxygen atoms in total. The molecular formula is C17H19N5O.